The Kier molecular flexibility index (Phi) is 4.30. The summed E-state index contributed by atoms with van der Waals surface area (Å²) < 4.78 is 36.6. The molecule has 4 N–H and O–H groups in total. The van der Waals surface area contributed by atoms with Gasteiger partial charge in [0.15, 0.2) is 30.4 Å². The second-order valence-corrected chi connectivity index (χ2v) is 6.22. The van der Waals surface area contributed by atoms with Crippen molar-refractivity contribution in [1.82, 2.24) is 0 Å². The van der Waals surface area contributed by atoms with E-state index in [0.717, 1.165) is 0 Å². The minimum absolute atomic E-state index is 0.349. The Morgan fingerprint density at radius 2 is 1.55 bits per heavy atom. The van der Waals surface area contributed by atoms with Gasteiger partial charge in [0, 0.05) is 12.1 Å². The molecule has 2 aromatic heterocycles. The molecule has 0 bridgehead atoms. The van der Waals surface area contributed by atoms with Crippen LogP contribution in [0.1, 0.15) is 25.0 Å². The summed E-state index contributed by atoms with van der Waals surface area (Å²) >= 11 is 0. The summed E-state index contributed by atoms with van der Waals surface area (Å²) in [5, 5.41) is 11.0. The molecule has 118 valence electrons. The Morgan fingerprint density at radius 3 is 1.95 bits per heavy atom. The van der Waals surface area contributed by atoms with Gasteiger partial charge in [-0.1, -0.05) is 0 Å². The molecule has 0 unspecified atom stereocenters. The van der Waals surface area contributed by atoms with Gasteiger partial charge in [0.25, 0.3) is 0 Å². The van der Waals surface area contributed by atoms with Crippen LogP contribution in [-0.2, 0) is 25.8 Å². The smallest absolute Gasteiger partial charge is 0.382 e. The van der Waals surface area contributed by atoms with Crippen molar-refractivity contribution in [2.24, 2.45) is 0 Å². The first-order valence-electron chi connectivity index (χ1n) is 6.50. The van der Waals surface area contributed by atoms with Crippen LogP contribution in [0, 0.1) is 0 Å². The third-order valence-corrected chi connectivity index (χ3v) is 4.27. The van der Waals surface area contributed by atoms with E-state index in [1.165, 1.54) is 26.2 Å². The molecule has 22 heavy (non-hydrogen) atoms. The molecule has 0 saturated heterocycles. The van der Waals surface area contributed by atoms with Crippen molar-refractivity contribution >= 4 is 10.4 Å². The molecular formula is C14H18N2O5S+2. The molecule has 2 aromatic rings. The van der Waals surface area contributed by atoms with E-state index in [1.807, 2.05) is 0 Å². The lowest BCUT2D eigenvalue weighted by molar-refractivity contribution is -0.382. The molecule has 0 fully saturated rings. The first-order chi connectivity index (χ1) is 10.2. The van der Waals surface area contributed by atoms with E-state index in [-0.39, 0.29) is 0 Å². The monoisotopic (exact) mass is 326 g/mol. The first kappa shape index (κ1) is 16.5. The van der Waals surface area contributed by atoms with Crippen molar-refractivity contribution in [2.75, 3.05) is 0 Å². The Bertz CT molecular complexity index is 734. The fourth-order valence-corrected chi connectivity index (χ4v) is 2.96. The van der Waals surface area contributed by atoms with E-state index in [0.29, 0.717) is 11.1 Å². The average molecular weight is 326 g/mol. The van der Waals surface area contributed by atoms with E-state index in [2.05, 4.69) is 9.97 Å². The Hall–Kier alpha value is -1.87. The minimum atomic E-state index is -4.81. The summed E-state index contributed by atoms with van der Waals surface area (Å²) in [6.45, 7) is 2.80. The van der Waals surface area contributed by atoms with Crippen LogP contribution in [0.4, 0.5) is 0 Å². The van der Waals surface area contributed by atoms with Gasteiger partial charge in [0.1, 0.15) is 5.60 Å². The molecule has 2 rings (SSSR count). The van der Waals surface area contributed by atoms with Gasteiger partial charge in [-0.05, 0) is 26.0 Å². The van der Waals surface area contributed by atoms with Gasteiger partial charge in [-0.25, -0.2) is 14.2 Å². The fraction of sp³-hybridized carbons (Fsp3) is 0.286. The second kappa shape index (κ2) is 5.73. The molecule has 0 amide bonds. The van der Waals surface area contributed by atoms with Crippen LogP contribution in [0.2, 0.25) is 0 Å². The molecule has 7 nitrogen and oxygen atoms in total. The van der Waals surface area contributed by atoms with Crippen molar-refractivity contribution < 1.29 is 32.2 Å². The van der Waals surface area contributed by atoms with Gasteiger partial charge < -0.3 is 5.11 Å². The lowest BCUT2D eigenvalue weighted by Gasteiger charge is -2.39. The predicted molar refractivity (Wildman–Crippen MR) is 75.6 cm³/mol. The van der Waals surface area contributed by atoms with E-state index in [4.69, 9.17) is 8.74 Å². The maximum absolute atomic E-state index is 11.3. The fourth-order valence-electron chi connectivity index (χ4n) is 2.28. The van der Waals surface area contributed by atoms with E-state index >= 15 is 0 Å². The van der Waals surface area contributed by atoms with Crippen molar-refractivity contribution in [3.05, 3.63) is 60.2 Å². The number of aliphatic hydroxyl groups is 1. The molecule has 2 heterocycles. The van der Waals surface area contributed by atoms with Crippen LogP contribution in [0.3, 0.4) is 0 Å². The van der Waals surface area contributed by atoms with Crippen molar-refractivity contribution in [1.29, 1.82) is 0 Å². The summed E-state index contributed by atoms with van der Waals surface area (Å²) in [6, 6.07) is 6.50. The Labute approximate surface area is 128 Å². The highest BCUT2D eigenvalue weighted by molar-refractivity contribution is 7.80. The number of nitrogens with one attached hydrogen (secondary N) is 2. The summed E-state index contributed by atoms with van der Waals surface area (Å²) in [5.41, 5.74) is -2.77. The van der Waals surface area contributed by atoms with E-state index in [9.17, 15) is 13.5 Å². The molecule has 0 aliphatic rings. The van der Waals surface area contributed by atoms with Crippen LogP contribution in [0.25, 0.3) is 0 Å². The maximum atomic E-state index is 11.3. The predicted octanol–water partition coefficient (Wildman–Crippen LogP) is 0.257. The largest absolute Gasteiger partial charge is 0.398 e. The average Bonchev–Trinajstić information content (AvgIpc) is 2.47. The van der Waals surface area contributed by atoms with Gasteiger partial charge in [-0.15, -0.1) is 0 Å². The molecule has 0 saturated carbocycles. The molecule has 0 aromatic carbocycles. The molecule has 0 spiro atoms. The number of rotatable bonds is 5. The van der Waals surface area contributed by atoms with E-state index < -0.39 is 21.6 Å². The SMILES string of the molecule is C[C@](O)(c1ccc[nH+]c1)[C@@](C)(OS(=O)(=O)O)c1ccc[nH+]c1. The van der Waals surface area contributed by atoms with Crippen LogP contribution < -0.4 is 9.97 Å². The third-order valence-electron chi connectivity index (χ3n) is 3.73. The zero-order chi connectivity index (χ0) is 16.4. The summed E-state index contributed by atoms with van der Waals surface area (Å²) in [7, 11) is -4.81. The van der Waals surface area contributed by atoms with Crippen molar-refractivity contribution in [3.8, 4) is 0 Å². The topological polar surface area (TPSA) is 112 Å². The number of aromatic nitrogens is 2. The number of hydrogen-bond donors (Lipinski definition) is 2. The molecule has 0 aliphatic carbocycles. The summed E-state index contributed by atoms with van der Waals surface area (Å²) in [4.78, 5) is 5.62. The molecular weight excluding hydrogens is 308 g/mol. The van der Waals surface area contributed by atoms with Gasteiger partial charge in [0.2, 0.25) is 0 Å². The number of pyridine rings is 2. The van der Waals surface area contributed by atoms with Gasteiger partial charge in [0.05, 0.1) is 11.1 Å². The van der Waals surface area contributed by atoms with Crippen LogP contribution >= 0.6 is 0 Å². The number of H-pyrrole nitrogens is 2. The highest BCUT2D eigenvalue weighted by Gasteiger charge is 2.52. The minimum Gasteiger partial charge on any atom is -0.382 e. The lowest BCUT2D eigenvalue weighted by atomic mass is 9.77. The summed E-state index contributed by atoms with van der Waals surface area (Å²) in [5.74, 6) is 0. The summed E-state index contributed by atoms with van der Waals surface area (Å²) in [6.07, 6.45) is 6.30. The third kappa shape index (κ3) is 3.14. The van der Waals surface area contributed by atoms with Gasteiger partial charge in [-0.3, -0.25) is 4.55 Å². The highest BCUT2D eigenvalue weighted by atomic mass is 32.3. The molecule has 2 atom stereocenters. The van der Waals surface area contributed by atoms with Crippen LogP contribution in [-0.4, -0.2) is 18.1 Å². The highest BCUT2D eigenvalue weighted by Crippen LogP contribution is 2.43. The maximum Gasteiger partial charge on any atom is 0.398 e. The standard InChI is InChI=1S/C14H16N2O5S/c1-13(17,11-5-3-7-15-9-11)14(2,21-22(18,19)20)12-6-4-8-16-10-12/h3-10,17H,1-2H3,(H,18,19,20)/p+2/t13-,14-/m0/s1. The molecule has 0 aliphatic heterocycles. The van der Waals surface area contributed by atoms with Gasteiger partial charge >= 0.3 is 10.4 Å². The Balaban J connectivity index is 2.63. The second-order valence-electron chi connectivity index (χ2n) is 5.20. The van der Waals surface area contributed by atoms with Crippen molar-refractivity contribution in [3.63, 3.8) is 0 Å². The Morgan fingerprint density at radius 1 is 1.05 bits per heavy atom. The normalized spacial score (nSPS) is 17.5. The zero-order valence-electron chi connectivity index (χ0n) is 12.1. The van der Waals surface area contributed by atoms with E-state index in [1.54, 1.807) is 36.7 Å². The molecule has 8 heteroatoms. The van der Waals surface area contributed by atoms with Crippen molar-refractivity contribution in [2.45, 2.75) is 25.0 Å². The number of hydrogen-bond acceptors (Lipinski definition) is 4. The first-order valence-corrected chi connectivity index (χ1v) is 7.87. The number of aromatic amines is 2. The zero-order valence-corrected chi connectivity index (χ0v) is 13.0. The van der Waals surface area contributed by atoms with Crippen LogP contribution in [0.15, 0.2) is 49.1 Å². The molecule has 0 radical (unpaired) electrons. The quantitative estimate of drug-likeness (QED) is 0.765. The van der Waals surface area contributed by atoms with Crippen LogP contribution in [0.5, 0.6) is 0 Å². The lowest BCUT2D eigenvalue weighted by Crippen LogP contribution is -2.49. The van der Waals surface area contributed by atoms with Gasteiger partial charge in [-0.2, -0.15) is 8.42 Å².